The summed E-state index contributed by atoms with van der Waals surface area (Å²) >= 11 is 0. The summed E-state index contributed by atoms with van der Waals surface area (Å²) in [6.07, 6.45) is 3.79. The van der Waals surface area contributed by atoms with Crippen molar-refractivity contribution in [3.8, 4) is 11.5 Å². The highest BCUT2D eigenvalue weighted by Gasteiger charge is 2.11. The predicted molar refractivity (Wildman–Crippen MR) is 66.1 cm³/mol. The third-order valence-corrected chi connectivity index (χ3v) is 2.83. The molecule has 0 aromatic heterocycles. The van der Waals surface area contributed by atoms with E-state index in [1.807, 2.05) is 12.3 Å². The highest BCUT2D eigenvalue weighted by atomic mass is 16.5. The summed E-state index contributed by atoms with van der Waals surface area (Å²) in [6, 6.07) is 5.56. The number of rotatable bonds is 3. The summed E-state index contributed by atoms with van der Waals surface area (Å²) in [5, 5.41) is 9.47. The van der Waals surface area contributed by atoms with Crippen LogP contribution in [0.1, 0.15) is 18.4 Å². The van der Waals surface area contributed by atoms with Gasteiger partial charge in [-0.15, -0.1) is 0 Å². The maximum absolute atomic E-state index is 9.47. The van der Waals surface area contributed by atoms with E-state index >= 15 is 0 Å². The van der Waals surface area contributed by atoms with Crippen LogP contribution in [0.5, 0.6) is 11.5 Å². The van der Waals surface area contributed by atoms with Crippen LogP contribution in [0, 0.1) is 0 Å². The van der Waals surface area contributed by atoms with E-state index < -0.39 is 0 Å². The Balaban J connectivity index is 2.04. The second kappa shape index (κ2) is 5.68. The second-order valence-corrected chi connectivity index (χ2v) is 4.05. The number of aromatic hydroxyl groups is 1. The van der Waals surface area contributed by atoms with E-state index in [0.717, 1.165) is 31.6 Å². The molecule has 4 heteroatoms. The number of hydrogen-bond donors (Lipinski definition) is 1. The number of methoxy groups -OCH3 is 1. The third kappa shape index (κ3) is 3.20. The Morgan fingerprint density at radius 3 is 2.88 bits per heavy atom. The smallest absolute Gasteiger partial charge is 0.161 e. The molecule has 0 bridgehead atoms. The topological polar surface area (TPSA) is 51.0 Å². The molecule has 0 spiro atoms. The molecule has 1 aliphatic rings. The summed E-state index contributed by atoms with van der Waals surface area (Å²) < 4.78 is 10.3. The van der Waals surface area contributed by atoms with Crippen molar-refractivity contribution in [2.45, 2.75) is 18.9 Å². The van der Waals surface area contributed by atoms with Crippen LogP contribution < -0.4 is 4.74 Å². The highest BCUT2D eigenvalue weighted by Crippen LogP contribution is 2.25. The Labute approximate surface area is 101 Å². The third-order valence-electron chi connectivity index (χ3n) is 2.83. The van der Waals surface area contributed by atoms with Gasteiger partial charge in [-0.2, -0.15) is 0 Å². The Kier molecular flexibility index (Phi) is 3.98. The largest absolute Gasteiger partial charge is 0.504 e. The molecular formula is C13H17NO3. The number of nitrogens with zero attached hydrogens (tertiary/aromatic N) is 1. The monoisotopic (exact) mass is 235 g/mol. The molecule has 4 nitrogen and oxygen atoms in total. The molecule has 1 saturated heterocycles. The number of aliphatic imine (C=N–C) groups is 1. The Bertz CT molecular complexity index is 398. The SMILES string of the molecule is COc1cc(C=NC2CCOCC2)ccc1O. The summed E-state index contributed by atoms with van der Waals surface area (Å²) in [6.45, 7) is 1.59. The highest BCUT2D eigenvalue weighted by molar-refractivity contribution is 5.81. The molecule has 1 N–H and O–H groups in total. The van der Waals surface area contributed by atoms with Crippen molar-refractivity contribution < 1.29 is 14.6 Å². The molecule has 92 valence electrons. The van der Waals surface area contributed by atoms with Gasteiger partial charge in [0.1, 0.15) is 0 Å². The molecule has 17 heavy (non-hydrogen) atoms. The van der Waals surface area contributed by atoms with Crippen molar-refractivity contribution in [2.75, 3.05) is 20.3 Å². The van der Waals surface area contributed by atoms with E-state index in [9.17, 15) is 5.11 Å². The first-order valence-corrected chi connectivity index (χ1v) is 5.77. The average Bonchev–Trinajstić information content (AvgIpc) is 2.39. The lowest BCUT2D eigenvalue weighted by Gasteiger charge is -2.17. The fourth-order valence-corrected chi connectivity index (χ4v) is 1.80. The predicted octanol–water partition coefficient (Wildman–Crippen LogP) is 2.00. The zero-order valence-corrected chi connectivity index (χ0v) is 9.93. The van der Waals surface area contributed by atoms with Crippen molar-refractivity contribution in [2.24, 2.45) is 4.99 Å². The second-order valence-electron chi connectivity index (χ2n) is 4.05. The van der Waals surface area contributed by atoms with E-state index in [1.54, 1.807) is 12.1 Å². The molecule has 0 atom stereocenters. The lowest BCUT2D eigenvalue weighted by Crippen LogP contribution is -2.18. The minimum absolute atomic E-state index is 0.149. The van der Waals surface area contributed by atoms with Crippen molar-refractivity contribution in [3.05, 3.63) is 23.8 Å². The van der Waals surface area contributed by atoms with E-state index in [2.05, 4.69) is 4.99 Å². The van der Waals surface area contributed by atoms with Gasteiger partial charge in [-0.25, -0.2) is 0 Å². The Morgan fingerprint density at radius 1 is 1.41 bits per heavy atom. The van der Waals surface area contributed by atoms with Crippen LogP contribution in [0.25, 0.3) is 0 Å². The van der Waals surface area contributed by atoms with Gasteiger partial charge in [-0.05, 0) is 36.6 Å². The van der Waals surface area contributed by atoms with Crippen LogP contribution in [0.15, 0.2) is 23.2 Å². The summed E-state index contributed by atoms with van der Waals surface area (Å²) in [4.78, 5) is 4.52. The maximum atomic E-state index is 9.47. The molecule has 0 radical (unpaired) electrons. The molecule has 1 aromatic rings. The van der Waals surface area contributed by atoms with Crippen LogP contribution in [0.2, 0.25) is 0 Å². The van der Waals surface area contributed by atoms with Gasteiger partial charge in [0.05, 0.1) is 13.2 Å². The molecule has 1 aliphatic heterocycles. The molecule has 1 fully saturated rings. The molecule has 0 aliphatic carbocycles. The number of ether oxygens (including phenoxy) is 2. The maximum Gasteiger partial charge on any atom is 0.161 e. The number of phenolic OH excluding ortho intramolecular Hbond substituents is 1. The lowest BCUT2D eigenvalue weighted by atomic mass is 10.1. The first-order chi connectivity index (χ1) is 8.29. The minimum atomic E-state index is 0.149. The zero-order valence-electron chi connectivity index (χ0n) is 9.93. The average molecular weight is 235 g/mol. The van der Waals surface area contributed by atoms with Gasteiger partial charge in [0.25, 0.3) is 0 Å². The normalized spacial score (nSPS) is 17.5. The standard InChI is InChI=1S/C13H17NO3/c1-16-13-8-10(2-3-12(13)15)9-14-11-4-6-17-7-5-11/h2-3,8-9,11,15H,4-7H2,1H3. The van der Waals surface area contributed by atoms with E-state index in [0.29, 0.717) is 11.8 Å². The van der Waals surface area contributed by atoms with Crippen molar-refractivity contribution >= 4 is 6.21 Å². The fraction of sp³-hybridized carbons (Fsp3) is 0.462. The van der Waals surface area contributed by atoms with E-state index in [1.165, 1.54) is 7.11 Å². The first-order valence-electron chi connectivity index (χ1n) is 5.77. The van der Waals surface area contributed by atoms with E-state index in [4.69, 9.17) is 9.47 Å². The summed E-state index contributed by atoms with van der Waals surface area (Å²) in [5.74, 6) is 0.622. The van der Waals surface area contributed by atoms with Gasteiger partial charge < -0.3 is 14.6 Å². The van der Waals surface area contributed by atoms with Crippen molar-refractivity contribution in [3.63, 3.8) is 0 Å². The van der Waals surface area contributed by atoms with Gasteiger partial charge in [0, 0.05) is 19.4 Å². The number of phenols is 1. The van der Waals surface area contributed by atoms with Crippen molar-refractivity contribution in [1.82, 2.24) is 0 Å². The molecule has 0 saturated carbocycles. The molecule has 2 rings (SSSR count). The van der Waals surface area contributed by atoms with Crippen molar-refractivity contribution in [1.29, 1.82) is 0 Å². The lowest BCUT2D eigenvalue weighted by molar-refractivity contribution is 0.0872. The van der Waals surface area contributed by atoms with Crippen LogP contribution in [0.3, 0.4) is 0 Å². The van der Waals surface area contributed by atoms with Gasteiger partial charge in [-0.1, -0.05) is 0 Å². The fourth-order valence-electron chi connectivity index (χ4n) is 1.80. The van der Waals surface area contributed by atoms with Crippen LogP contribution >= 0.6 is 0 Å². The molecular weight excluding hydrogens is 218 g/mol. The summed E-state index contributed by atoms with van der Waals surface area (Å²) in [7, 11) is 1.54. The molecule has 0 amide bonds. The van der Waals surface area contributed by atoms with Gasteiger partial charge in [-0.3, -0.25) is 4.99 Å². The van der Waals surface area contributed by atoms with Gasteiger partial charge in [0.15, 0.2) is 11.5 Å². The zero-order chi connectivity index (χ0) is 12.1. The molecule has 1 aromatic carbocycles. The first kappa shape index (κ1) is 11.9. The van der Waals surface area contributed by atoms with Gasteiger partial charge >= 0.3 is 0 Å². The van der Waals surface area contributed by atoms with Crippen LogP contribution in [-0.4, -0.2) is 37.7 Å². The van der Waals surface area contributed by atoms with Crippen LogP contribution in [0.4, 0.5) is 0 Å². The minimum Gasteiger partial charge on any atom is -0.504 e. The number of benzene rings is 1. The van der Waals surface area contributed by atoms with Crippen LogP contribution in [-0.2, 0) is 4.74 Å². The summed E-state index contributed by atoms with van der Waals surface area (Å²) in [5.41, 5.74) is 0.936. The Morgan fingerprint density at radius 2 is 2.18 bits per heavy atom. The quantitative estimate of drug-likeness (QED) is 0.815. The molecule has 1 heterocycles. The van der Waals surface area contributed by atoms with Gasteiger partial charge in [0.2, 0.25) is 0 Å². The molecule has 0 unspecified atom stereocenters. The number of hydrogen-bond acceptors (Lipinski definition) is 4. The Hall–Kier alpha value is -1.55. The van der Waals surface area contributed by atoms with E-state index in [-0.39, 0.29) is 5.75 Å².